The van der Waals surface area contributed by atoms with Gasteiger partial charge in [-0.1, -0.05) is 0 Å². The molecule has 0 aliphatic carbocycles. The van der Waals surface area contributed by atoms with Crippen molar-refractivity contribution < 1.29 is 41.7 Å². The Morgan fingerprint density at radius 1 is 1.12 bits per heavy atom. The molecule has 2 aromatic heterocycles. The van der Waals surface area contributed by atoms with Gasteiger partial charge < -0.3 is 25.3 Å². The number of hydrogen-bond acceptors (Lipinski definition) is 7. The van der Waals surface area contributed by atoms with Gasteiger partial charge in [-0.15, -0.1) is 0 Å². The van der Waals surface area contributed by atoms with Gasteiger partial charge in [0, 0.05) is 31.8 Å². The van der Waals surface area contributed by atoms with Crippen LogP contribution in [0.2, 0.25) is 0 Å². The fourth-order valence-corrected chi connectivity index (χ4v) is 4.61. The number of piperazine rings is 1. The summed E-state index contributed by atoms with van der Waals surface area (Å²) >= 11 is 0. The first-order chi connectivity index (χ1) is 19.7. The average molecular weight is 592 g/mol. The topological polar surface area (TPSA) is 122 Å². The minimum absolute atomic E-state index is 0.126. The Morgan fingerprint density at radius 3 is 2.38 bits per heavy atom. The first kappa shape index (κ1) is 30.7. The molecule has 2 atom stereocenters. The molecule has 10 nitrogen and oxygen atoms in total. The summed E-state index contributed by atoms with van der Waals surface area (Å²) in [5.41, 5.74) is -2.02. The number of amides is 2. The molecular weight excluding hydrogens is 562 g/mol. The molecule has 14 heteroatoms. The molecule has 3 heterocycles. The molecule has 1 aliphatic heterocycles. The molecular formula is C28H29F4N5O5. The van der Waals surface area contributed by atoms with Crippen molar-refractivity contribution in [1.29, 1.82) is 0 Å². The van der Waals surface area contributed by atoms with E-state index in [-0.39, 0.29) is 41.7 Å². The lowest BCUT2D eigenvalue weighted by atomic mass is 9.96. The minimum atomic E-state index is -5.08. The summed E-state index contributed by atoms with van der Waals surface area (Å²) in [4.78, 5) is 33.8. The van der Waals surface area contributed by atoms with E-state index in [1.165, 1.54) is 35.4 Å². The lowest BCUT2D eigenvalue weighted by Crippen LogP contribution is -2.63. The van der Waals surface area contributed by atoms with Crippen LogP contribution in [0.1, 0.15) is 42.9 Å². The number of carbonyl (C=O) groups excluding carboxylic acids is 2. The molecule has 4 rings (SSSR count). The van der Waals surface area contributed by atoms with Crippen molar-refractivity contribution in [3.05, 3.63) is 83.2 Å². The second kappa shape index (κ2) is 11.9. The van der Waals surface area contributed by atoms with Crippen molar-refractivity contribution in [1.82, 2.24) is 14.8 Å². The Hall–Kier alpha value is -4.30. The quantitative estimate of drug-likeness (QED) is 0.244. The van der Waals surface area contributed by atoms with Crippen LogP contribution in [-0.2, 0) is 4.79 Å². The van der Waals surface area contributed by atoms with Crippen molar-refractivity contribution in [2.45, 2.75) is 44.6 Å². The van der Waals surface area contributed by atoms with Crippen LogP contribution in [0.3, 0.4) is 0 Å². The molecule has 0 saturated carbocycles. The monoisotopic (exact) mass is 591 g/mol. The zero-order valence-electron chi connectivity index (χ0n) is 22.9. The van der Waals surface area contributed by atoms with E-state index in [0.717, 1.165) is 18.3 Å². The van der Waals surface area contributed by atoms with Gasteiger partial charge >= 0.3 is 6.18 Å². The van der Waals surface area contributed by atoms with E-state index in [1.54, 1.807) is 32.9 Å². The number of ether oxygens (including phenoxy) is 1. The number of aromatic nitrogens is 2. The molecule has 0 bridgehead atoms. The third-order valence-corrected chi connectivity index (χ3v) is 6.93. The van der Waals surface area contributed by atoms with E-state index in [9.17, 15) is 37.5 Å². The van der Waals surface area contributed by atoms with Crippen molar-refractivity contribution in [3.8, 4) is 11.5 Å². The van der Waals surface area contributed by atoms with Gasteiger partial charge in [0.05, 0.1) is 23.3 Å². The van der Waals surface area contributed by atoms with E-state index >= 15 is 0 Å². The van der Waals surface area contributed by atoms with Gasteiger partial charge in [0.1, 0.15) is 23.1 Å². The number of hydrogen-bond donors (Lipinski definition) is 2. The van der Waals surface area contributed by atoms with Crippen LogP contribution in [0, 0.1) is 11.0 Å². The number of anilines is 1. The van der Waals surface area contributed by atoms with Crippen molar-refractivity contribution in [3.63, 3.8) is 0 Å². The first-order valence-corrected chi connectivity index (χ1v) is 12.9. The number of rotatable bonds is 7. The van der Waals surface area contributed by atoms with Crippen LogP contribution < -0.4 is 14.8 Å². The van der Waals surface area contributed by atoms with Crippen LogP contribution in [-0.4, -0.2) is 69.1 Å². The summed E-state index contributed by atoms with van der Waals surface area (Å²) in [5.74, 6) is -0.261. The summed E-state index contributed by atoms with van der Waals surface area (Å²) in [7, 11) is 0. The number of aliphatic hydroxyl groups is 1. The largest absolute Gasteiger partial charge is 0.618 e. The highest BCUT2D eigenvalue weighted by atomic mass is 19.4. The van der Waals surface area contributed by atoms with E-state index < -0.39 is 41.3 Å². The normalized spacial score (nSPS) is 16.9. The minimum Gasteiger partial charge on any atom is -0.618 e. The molecule has 1 unspecified atom stereocenters. The standard InChI is InChI=1S/C28H29F4N5O5/c1-17(25(39)34-23-9-8-21(15-33-23)42-20-6-4-19(29)5-7-20)35-12-13-36(27(2,3)16-35)26(40)18-10-11-37(41)22(14-18)24(38)28(30,31)32/h4-11,14-15,17,24,38H,12-13,16H2,1-3H3,(H,33,34,39)/t17-,24?/m0/s1. The molecule has 0 spiro atoms. The lowest BCUT2D eigenvalue weighted by Gasteiger charge is -2.48. The van der Waals surface area contributed by atoms with Crippen molar-refractivity contribution in [2.75, 3.05) is 25.0 Å². The van der Waals surface area contributed by atoms with Crippen LogP contribution in [0.15, 0.2) is 60.9 Å². The summed E-state index contributed by atoms with van der Waals surface area (Å²) in [6, 6.07) is 9.85. The number of nitrogens with zero attached hydrogens (tertiary/aromatic N) is 4. The first-order valence-electron chi connectivity index (χ1n) is 12.9. The van der Waals surface area contributed by atoms with Gasteiger partial charge in [-0.25, -0.2) is 9.37 Å². The van der Waals surface area contributed by atoms with E-state index in [0.29, 0.717) is 11.5 Å². The molecule has 224 valence electrons. The Kier molecular flexibility index (Phi) is 8.68. The SMILES string of the molecule is C[C@@H](C(=O)Nc1ccc(Oc2ccc(F)cc2)cn1)N1CCN(C(=O)c2cc[n+]([O-])c(C(O)C(F)(F)F)c2)C(C)(C)C1. The summed E-state index contributed by atoms with van der Waals surface area (Å²) < 4.78 is 57.5. The predicted octanol–water partition coefficient (Wildman–Crippen LogP) is 3.81. The number of aliphatic hydroxyl groups excluding tert-OH is 1. The van der Waals surface area contributed by atoms with Gasteiger partial charge in [0.25, 0.3) is 5.91 Å². The highest BCUT2D eigenvalue weighted by Crippen LogP contribution is 2.32. The Morgan fingerprint density at radius 2 is 1.79 bits per heavy atom. The maximum atomic E-state index is 13.3. The fourth-order valence-electron chi connectivity index (χ4n) is 4.61. The number of benzene rings is 1. The maximum Gasteiger partial charge on any atom is 0.424 e. The Bertz CT molecular complexity index is 1430. The molecule has 42 heavy (non-hydrogen) atoms. The molecule has 0 radical (unpaired) electrons. The molecule has 2 amide bonds. The maximum absolute atomic E-state index is 13.3. The van der Waals surface area contributed by atoms with E-state index in [4.69, 9.17) is 4.74 Å². The van der Waals surface area contributed by atoms with Gasteiger partial charge in [0.2, 0.25) is 17.7 Å². The summed E-state index contributed by atoms with van der Waals surface area (Å²) in [6.07, 6.45) is -5.96. The second-order valence-corrected chi connectivity index (χ2v) is 10.5. The van der Waals surface area contributed by atoms with Crippen LogP contribution in [0.25, 0.3) is 0 Å². The Labute approximate surface area is 238 Å². The van der Waals surface area contributed by atoms with Gasteiger partial charge in [-0.05, 0) is 57.2 Å². The number of nitrogens with one attached hydrogen (secondary N) is 1. The van der Waals surface area contributed by atoms with Crippen molar-refractivity contribution in [2.24, 2.45) is 0 Å². The number of pyridine rings is 2. The van der Waals surface area contributed by atoms with Crippen LogP contribution in [0.4, 0.5) is 23.4 Å². The lowest BCUT2D eigenvalue weighted by molar-refractivity contribution is -0.621. The highest BCUT2D eigenvalue weighted by Gasteiger charge is 2.45. The third kappa shape index (κ3) is 6.94. The van der Waals surface area contributed by atoms with Crippen molar-refractivity contribution >= 4 is 17.6 Å². The Balaban J connectivity index is 1.38. The third-order valence-electron chi connectivity index (χ3n) is 6.93. The number of halogens is 4. The van der Waals surface area contributed by atoms with Crippen LogP contribution >= 0.6 is 0 Å². The molecule has 3 aromatic rings. The zero-order chi connectivity index (χ0) is 30.8. The molecule has 1 aliphatic rings. The fraction of sp³-hybridized carbons (Fsp3) is 0.357. The predicted molar refractivity (Wildman–Crippen MR) is 142 cm³/mol. The molecule has 2 N–H and O–H groups in total. The summed E-state index contributed by atoms with van der Waals surface area (Å²) in [5, 5.41) is 24.2. The molecule has 1 fully saturated rings. The van der Waals surface area contributed by atoms with E-state index in [2.05, 4.69) is 10.3 Å². The van der Waals surface area contributed by atoms with E-state index in [1.807, 2.05) is 4.90 Å². The molecule has 1 saturated heterocycles. The number of carbonyl (C=O) groups is 2. The second-order valence-electron chi connectivity index (χ2n) is 10.5. The smallest absolute Gasteiger partial charge is 0.424 e. The van der Waals surface area contributed by atoms with Gasteiger partial charge in [0.15, 0.2) is 6.20 Å². The highest BCUT2D eigenvalue weighted by molar-refractivity contribution is 5.95. The van der Waals surface area contributed by atoms with Gasteiger partial charge in [-0.2, -0.15) is 17.9 Å². The molecule has 1 aromatic carbocycles. The number of alkyl halides is 3. The summed E-state index contributed by atoms with van der Waals surface area (Å²) in [6.45, 7) is 5.91. The van der Waals surface area contributed by atoms with Crippen LogP contribution in [0.5, 0.6) is 11.5 Å². The average Bonchev–Trinajstić information content (AvgIpc) is 2.93. The zero-order valence-corrected chi connectivity index (χ0v) is 22.9. The van der Waals surface area contributed by atoms with Gasteiger partial charge in [-0.3, -0.25) is 14.5 Å².